The van der Waals surface area contributed by atoms with Crippen LogP contribution in [0.25, 0.3) is 11.0 Å². The van der Waals surface area contributed by atoms with Gasteiger partial charge in [0.05, 0.1) is 16.7 Å². The second kappa shape index (κ2) is 7.62. The quantitative estimate of drug-likeness (QED) is 0.668. The third kappa shape index (κ3) is 3.30. The number of nitrogens with one attached hydrogen (secondary N) is 4. The van der Waals surface area contributed by atoms with Crippen molar-refractivity contribution in [2.24, 2.45) is 5.92 Å². The highest BCUT2D eigenvalue weighted by Gasteiger charge is 2.25. The molecule has 1 aromatic heterocycles. The summed E-state index contributed by atoms with van der Waals surface area (Å²) in [5, 5.41) is 3.44. The lowest BCUT2D eigenvalue weighted by Gasteiger charge is -2.17. The first-order valence-electron chi connectivity index (χ1n) is 9.14. The first-order chi connectivity index (χ1) is 12.6. The van der Waals surface area contributed by atoms with Crippen LogP contribution in [-0.2, 0) is 0 Å². The molecule has 0 fully saturated rings. The molecule has 4 N–H and O–H groups in total. The number of aromatic nitrogens is 2. The maximum absolute atomic E-state index is 4.68. The van der Waals surface area contributed by atoms with Gasteiger partial charge in [-0.05, 0) is 30.5 Å². The number of rotatable bonds is 4. The van der Waals surface area contributed by atoms with Crippen molar-refractivity contribution in [2.75, 3.05) is 0 Å². The molecule has 2 heterocycles. The van der Waals surface area contributed by atoms with Crippen LogP contribution in [0.4, 0.5) is 0 Å². The van der Waals surface area contributed by atoms with E-state index in [-0.39, 0.29) is 6.04 Å². The van der Waals surface area contributed by atoms with Crippen LogP contribution in [0.5, 0.6) is 0 Å². The first kappa shape index (κ1) is 18.0. The monoisotopic (exact) mass is 349 g/mol. The van der Waals surface area contributed by atoms with E-state index in [9.17, 15) is 0 Å². The van der Waals surface area contributed by atoms with E-state index < -0.39 is 0 Å². The van der Waals surface area contributed by atoms with E-state index >= 15 is 0 Å². The van der Waals surface area contributed by atoms with E-state index in [1.54, 1.807) is 0 Å². The molecule has 0 saturated heterocycles. The van der Waals surface area contributed by atoms with Gasteiger partial charge in [0.15, 0.2) is 0 Å². The van der Waals surface area contributed by atoms with Gasteiger partial charge in [0.2, 0.25) is 0 Å². The third-order valence-corrected chi connectivity index (χ3v) is 4.73. The number of hydrogen-bond donors (Lipinski definition) is 4. The predicted octanol–water partition coefficient (Wildman–Crippen LogP) is 4.21. The van der Waals surface area contributed by atoms with Crippen molar-refractivity contribution in [2.45, 2.75) is 33.7 Å². The Balaban J connectivity index is 0.000000948. The van der Waals surface area contributed by atoms with Crippen molar-refractivity contribution in [3.05, 3.63) is 77.6 Å². The number of hydrogen-bond acceptors (Lipinski definition) is 4. The summed E-state index contributed by atoms with van der Waals surface area (Å²) in [7, 11) is 0. The fourth-order valence-electron chi connectivity index (χ4n) is 3.14. The molecule has 5 nitrogen and oxygen atoms in total. The molecule has 5 heteroatoms. The molecule has 2 aromatic rings. The van der Waals surface area contributed by atoms with Crippen molar-refractivity contribution in [3.63, 3.8) is 0 Å². The summed E-state index contributed by atoms with van der Waals surface area (Å²) in [4.78, 5) is 8.06. The van der Waals surface area contributed by atoms with Crippen molar-refractivity contribution < 1.29 is 0 Å². The highest BCUT2D eigenvalue weighted by atomic mass is 15.4. The Bertz CT molecular complexity index is 867. The molecule has 136 valence electrons. The van der Waals surface area contributed by atoms with Gasteiger partial charge in [-0.3, -0.25) is 0 Å². The smallest absolute Gasteiger partial charge is 0.132 e. The van der Waals surface area contributed by atoms with Gasteiger partial charge >= 0.3 is 0 Å². The second-order valence-corrected chi connectivity index (χ2v) is 6.31. The summed E-state index contributed by atoms with van der Waals surface area (Å²) in [6, 6.07) is 7.96. The molecule has 26 heavy (non-hydrogen) atoms. The summed E-state index contributed by atoms with van der Waals surface area (Å²) in [6.45, 7) is 12.6. The van der Waals surface area contributed by atoms with E-state index in [4.69, 9.17) is 0 Å². The number of aromatic amines is 1. The molecular formula is C21H27N5. The number of para-hydroxylation sites is 2. The van der Waals surface area contributed by atoms with E-state index in [0.717, 1.165) is 28.3 Å². The van der Waals surface area contributed by atoms with Gasteiger partial charge < -0.3 is 15.7 Å². The zero-order chi connectivity index (χ0) is 18.7. The van der Waals surface area contributed by atoms with Crippen molar-refractivity contribution in [1.82, 2.24) is 26.1 Å². The average molecular weight is 349 g/mol. The average Bonchev–Trinajstić information content (AvgIpc) is 3.36. The number of imidazole rings is 1. The van der Waals surface area contributed by atoms with Crippen molar-refractivity contribution in [3.8, 4) is 0 Å². The fourth-order valence-corrected chi connectivity index (χ4v) is 3.14. The highest BCUT2D eigenvalue weighted by Crippen LogP contribution is 2.29. The second-order valence-electron chi connectivity index (χ2n) is 6.31. The molecule has 1 aliphatic carbocycles. The predicted molar refractivity (Wildman–Crippen MR) is 108 cm³/mol. The van der Waals surface area contributed by atoms with Gasteiger partial charge in [-0.1, -0.05) is 57.2 Å². The Morgan fingerprint density at radius 3 is 2.69 bits per heavy atom. The van der Waals surface area contributed by atoms with Crippen LogP contribution in [0.2, 0.25) is 0 Å². The molecule has 0 amide bonds. The SMILES string of the molecule is C=C(NC1=CNNC1c1nc2ccccc2[nH]1)C1=C(C)[C@@H](C)C=C1.CC. The first-order valence-corrected chi connectivity index (χ1v) is 9.14. The molecule has 1 aliphatic heterocycles. The number of benzene rings is 1. The lowest BCUT2D eigenvalue weighted by Crippen LogP contribution is -2.28. The topological polar surface area (TPSA) is 64.8 Å². The minimum atomic E-state index is -0.0714. The summed E-state index contributed by atoms with van der Waals surface area (Å²) in [5.74, 6) is 1.34. The van der Waals surface area contributed by atoms with Gasteiger partial charge in [-0.25, -0.2) is 10.4 Å². The maximum atomic E-state index is 4.68. The molecule has 2 aliphatic rings. The highest BCUT2D eigenvalue weighted by molar-refractivity contribution is 5.75. The van der Waals surface area contributed by atoms with Crippen LogP contribution >= 0.6 is 0 Å². The van der Waals surface area contributed by atoms with Gasteiger partial charge in [0.1, 0.15) is 11.9 Å². The molecule has 2 atom stereocenters. The lowest BCUT2D eigenvalue weighted by atomic mass is 10.0. The molecule has 1 aromatic carbocycles. The summed E-state index contributed by atoms with van der Waals surface area (Å²) in [6.07, 6.45) is 6.26. The number of allylic oxidation sites excluding steroid dienone is 3. The van der Waals surface area contributed by atoms with Gasteiger partial charge in [-0.15, -0.1) is 0 Å². The van der Waals surface area contributed by atoms with E-state index in [1.807, 2.05) is 44.3 Å². The van der Waals surface area contributed by atoms with Gasteiger partial charge in [0, 0.05) is 11.9 Å². The molecule has 4 rings (SSSR count). The Morgan fingerprint density at radius 2 is 2.00 bits per heavy atom. The Labute approximate surface area is 155 Å². The minimum Gasteiger partial charge on any atom is -0.356 e. The molecule has 0 radical (unpaired) electrons. The largest absolute Gasteiger partial charge is 0.356 e. The number of fused-ring (bicyclic) bond motifs is 1. The summed E-state index contributed by atoms with van der Waals surface area (Å²) in [5.41, 5.74) is 12.7. The van der Waals surface area contributed by atoms with Crippen LogP contribution in [0, 0.1) is 5.92 Å². The lowest BCUT2D eigenvalue weighted by molar-refractivity contribution is 0.562. The van der Waals surface area contributed by atoms with Crippen molar-refractivity contribution >= 4 is 11.0 Å². The fraction of sp³-hybridized carbons (Fsp3) is 0.286. The van der Waals surface area contributed by atoms with Crippen LogP contribution in [-0.4, -0.2) is 9.97 Å². The van der Waals surface area contributed by atoms with Gasteiger partial charge in [0.25, 0.3) is 0 Å². The molecular weight excluding hydrogens is 322 g/mol. The number of nitrogens with zero attached hydrogens (tertiary/aromatic N) is 1. The van der Waals surface area contributed by atoms with Crippen LogP contribution in [0.1, 0.15) is 39.6 Å². The number of H-pyrrole nitrogens is 1. The summed E-state index contributed by atoms with van der Waals surface area (Å²) >= 11 is 0. The third-order valence-electron chi connectivity index (χ3n) is 4.73. The standard InChI is InChI=1S/C19H21N5.C2H6/c1-11-8-9-14(12(11)2)13(3)21-17-10-20-24-18(17)19-22-15-6-4-5-7-16(15)23-19;1-2/h4-11,18,20-21,24H,3H2,1-2H3,(H,22,23);1-2H3/t11-,18?;/m0./s1. The molecule has 0 spiro atoms. The van der Waals surface area contributed by atoms with E-state index in [1.165, 1.54) is 11.1 Å². The number of hydrazine groups is 1. The van der Waals surface area contributed by atoms with Crippen LogP contribution < -0.4 is 16.2 Å². The van der Waals surface area contributed by atoms with E-state index in [2.05, 4.69) is 58.7 Å². The zero-order valence-corrected chi connectivity index (χ0v) is 15.9. The Morgan fingerprint density at radius 1 is 1.23 bits per heavy atom. The normalized spacial score (nSPS) is 21.3. The minimum absolute atomic E-state index is 0.0714. The van der Waals surface area contributed by atoms with Crippen LogP contribution in [0.3, 0.4) is 0 Å². The summed E-state index contributed by atoms with van der Waals surface area (Å²) < 4.78 is 0. The van der Waals surface area contributed by atoms with Gasteiger partial charge in [-0.2, -0.15) is 0 Å². The molecule has 1 unspecified atom stereocenters. The molecule has 0 saturated carbocycles. The molecule has 0 bridgehead atoms. The Kier molecular flexibility index (Phi) is 5.28. The van der Waals surface area contributed by atoms with Crippen molar-refractivity contribution in [1.29, 1.82) is 0 Å². The zero-order valence-electron chi connectivity index (χ0n) is 15.9. The maximum Gasteiger partial charge on any atom is 0.132 e. The van der Waals surface area contributed by atoms with Crippen LogP contribution in [0.15, 0.2) is 71.7 Å². The Hall–Kier alpha value is -2.79. The van der Waals surface area contributed by atoms with E-state index in [0.29, 0.717) is 5.92 Å².